The molecule has 0 radical (unpaired) electrons. The molecular formula is C18H20N2O2. The summed E-state index contributed by atoms with van der Waals surface area (Å²) in [6.07, 6.45) is 3.42. The average molecular weight is 296 g/mol. The van der Waals surface area contributed by atoms with Gasteiger partial charge in [-0.05, 0) is 73.5 Å². The normalized spacial score (nSPS) is 11.2. The Morgan fingerprint density at radius 1 is 0.682 bits per heavy atom. The lowest BCUT2D eigenvalue weighted by atomic mass is 10.2. The summed E-state index contributed by atoms with van der Waals surface area (Å²) in [5.41, 5.74) is 1.96. The molecule has 0 heterocycles. The van der Waals surface area contributed by atoms with Crippen molar-refractivity contribution in [3.63, 3.8) is 0 Å². The van der Waals surface area contributed by atoms with Gasteiger partial charge < -0.3 is 9.47 Å². The van der Waals surface area contributed by atoms with Crippen LogP contribution in [0.2, 0.25) is 0 Å². The Morgan fingerprint density at radius 3 is 1.36 bits per heavy atom. The van der Waals surface area contributed by atoms with Gasteiger partial charge in [0.25, 0.3) is 0 Å². The van der Waals surface area contributed by atoms with Gasteiger partial charge in [-0.25, -0.2) is 0 Å². The Hall–Kier alpha value is -2.62. The van der Waals surface area contributed by atoms with Crippen LogP contribution < -0.4 is 9.47 Å². The Kier molecular flexibility index (Phi) is 6.18. The predicted molar refractivity (Wildman–Crippen MR) is 90.4 cm³/mol. The van der Waals surface area contributed by atoms with Crippen molar-refractivity contribution in [1.29, 1.82) is 0 Å². The summed E-state index contributed by atoms with van der Waals surface area (Å²) in [6, 6.07) is 15.5. The SMILES string of the molecule is CCOc1ccc(/C=N/N=C/c2ccc(OCC)cc2)cc1. The van der Waals surface area contributed by atoms with Crippen molar-refractivity contribution >= 4 is 12.4 Å². The lowest BCUT2D eigenvalue weighted by Gasteiger charge is -2.01. The summed E-state index contributed by atoms with van der Waals surface area (Å²) in [5.74, 6) is 1.72. The van der Waals surface area contributed by atoms with Crippen LogP contribution in [0.3, 0.4) is 0 Å². The number of nitrogens with zero attached hydrogens (tertiary/aromatic N) is 2. The highest BCUT2D eigenvalue weighted by atomic mass is 16.5. The maximum Gasteiger partial charge on any atom is 0.119 e. The molecule has 0 aliphatic carbocycles. The second-order valence-corrected chi connectivity index (χ2v) is 4.49. The molecule has 0 N–H and O–H groups in total. The molecule has 2 rings (SSSR count). The number of rotatable bonds is 7. The molecule has 0 aliphatic heterocycles. The summed E-state index contributed by atoms with van der Waals surface area (Å²) >= 11 is 0. The molecular weight excluding hydrogens is 276 g/mol. The van der Waals surface area contributed by atoms with Crippen LogP contribution >= 0.6 is 0 Å². The zero-order valence-corrected chi connectivity index (χ0v) is 12.9. The van der Waals surface area contributed by atoms with Crippen molar-refractivity contribution in [1.82, 2.24) is 0 Å². The highest BCUT2D eigenvalue weighted by molar-refractivity contribution is 5.82. The molecule has 0 amide bonds. The first-order chi connectivity index (χ1) is 10.8. The van der Waals surface area contributed by atoms with Gasteiger partial charge in [0.2, 0.25) is 0 Å². The minimum atomic E-state index is 0.666. The lowest BCUT2D eigenvalue weighted by molar-refractivity contribution is 0.340. The van der Waals surface area contributed by atoms with E-state index in [4.69, 9.17) is 9.47 Å². The Labute approximate surface area is 131 Å². The number of ether oxygens (including phenoxy) is 2. The van der Waals surface area contributed by atoms with Crippen molar-refractivity contribution in [3.8, 4) is 11.5 Å². The molecule has 0 bridgehead atoms. The van der Waals surface area contributed by atoms with E-state index >= 15 is 0 Å². The van der Waals surface area contributed by atoms with E-state index in [9.17, 15) is 0 Å². The van der Waals surface area contributed by atoms with E-state index in [-0.39, 0.29) is 0 Å². The first kappa shape index (κ1) is 15.8. The molecule has 22 heavy (non-hydrogen) atoms. The molecule has 0 fully saturated rings. The molecule has 0 atom stereocenters. The van der Waals surface area contributed by atoms with Gasteiger partial charge in [-0.1, -0.05) is 0 Å². The zero-order valence-electron chi connectivity index (χ0n) is 12.9. The van der Waals surface area contributed by atoms with Crippen molar-refractivity contribution in [2.24, 2.45) is 10.2 Å². The molecule has 0 saturated heterocycles. The van der Waals surface area contributed by atoms with Crippen LogP contribution in [0.25, 0.3) is 0 Å². The molecule has 0 aromatic heterocycles. The summed E-state index contributed by atoms with van der Waals surface area (Å²) in [4.78, 5) is 0. The molecule has 0 aliphatic rings. The van der Waals surface area contributed by atoms with Gasteiger partial charge in [-0.3, -0.25) is 0 Å². The van der Waals surface area contributed by atoms with Gasteiger partial charge in [-0.2, -0.15) is 10.2 Å². The Morgan fingerprint density at radius 2 is 1.05 bits per heavy atom. The highest BCUT2D eigenvalue weighted by Crippen LogP contribution is 2.11. The predicted octanol–water partition coefficient (Wildman–Crippen LogP) is 3.94. The van der Waals surface area contributed by atoms with Crippen LogP contribution in [0.15, 0.2) is 58.7 Å². The maximum absolute atomic E-state index is 5.39. The molecule has 0 saturated carbocycles. The minimum Gasteiger partial charge on any atom is -0.494 e. The molecule has 0 unspecified atom stereocenters. The van der Waals surface area contributed by atoms with Crippen molar-refractivity contribution in [3.05, 3.63) is 59.7 Å². The monoisotopic (exact) mass is 296 g/mol. The highest BCUT2D eigenvalue weighted by Gasteiger charge is 1.93. The third kappa shape index (κ3) is 5.05. The first-order valence-electron chi connectivity index (χ1n) is 7.34. The molecule has 114 valence electrons. The second kappa shape index (κ2) is 8.62. The van der Waals surface area contributed by atoms with Crippen LogP contribution in [0.5, 0.6) is 11.5 Å². The lowest BCUT2D eigenvalue weighted by Crippen LogP contribution is -1.91. The fourth-order valence-corrected chi connectivity index (χ4v) is 1.83. The van der Waals surface area contributed by atoms with Gasteiger partial charge in [0.05, 0.1) is 25.6 Å². The average Bonchev–Trinajstić information content (AvgIpc) is 2.55. The van der Waals surface area contributed by atoms with E-state index in [0.717, 1.165) is 22.6 Å². The van der Waals surface area contributed by atoms with E-state index in [1.807, 2.05) is 62.4 Å². The van der Waals surface area contributed by atoms with Gasteiger partial charge >= 0.3 is 0 Å². The van der Waals surface area contributed by atoms with E-state index in [1.54, 1.807) is 12.4 Å². The Bertz CT molecular complexity index is 559. The maximum atomic E-state index is 5.39. The van der Waals surface area contributed by atoms with Crippen LogP contribution in [0, 0.1) is 0 Å². The van der Waals surface area contributed by atoms with E-state index in [0.29, 0.717) is 13.2 Å². The molecule has 4 nitrogen and oxygen atoms in total. The fourth-order valence-electron chi connectivity index (χ4n) is 1.83. The topological polar surface area (TPSA) is 43.2 Å². The molecule has 0 spiro atoms. The summed E-state index contributed by atoms with van der Waals surface area (Å²) < 4.78 is 10.8. The quantitative estimate of drug-likeness (QED) is 0.574. The third-order valence-corrected chi connectivity index (χ3v) is 2.86. The fraction of sp³-hybridized carbons (Fsp3) is 0.222. The summed E-state index contributed by atoms with van der Waals surface area (Å²) in [6.45, 7) is 5.26. The van der Waals surface area contributed by atoms with Gasteiger partial charge in [0.1, 0.15) is 11.5 Å². The van der Waals surface area contributed by atoms with E-state index in [1.165, 1.54) is 0 Å². The van der Waals surface area contributed by atoms with E-state index < -0.39 is 0 Å². The number of benzene rings is 2. The van der Waals surface area contributed by atoms with Crippen LogP contribution in [0.1, 0.15) is 25.0 Å². The van der Waals surface area contributed by atoms with Crippen LogP contribution in [-0.4, -0.2) is 25.6 Å². The first-order valence-corrected chi connectivity index (χ1v) is 7.34. The standard InChI is InChI=1S/C18H20N2O2/c1-3-21-17-9-5-15(6-10-17)13-19-20-14-16-7-11-18(12-8-16)22-4-2/h5-14H,3-4H2,1-2H3/b19-13+,20-14+. The van der Waals surface area contributed by atoms with Crippen molar-refractivity contribution in [2.75, 3.05) is 13.2 Å². The summed E-state index contributed by atoms with van der Waals surface area (Å²) in [7, 11) is 0. The Balaban J connectivity index is 1.90. The molecule has 2 aromatic rings. The zero-order chi connectivity index (χ0) is 15.6. The van der Waals surface area contributed by atoms with Crippen molar-refractivity contribution < 1.29 is 9.47 Å². The van der Waals surface area contributed by atoms with Gasteiger partial charge in [0, 0.05) is 0 Å². The molecule has 2 aromatic carbocycles. The largest absolute Gasteiger partial charge is 0.494 e. The van der Waals surface area contributed by atoms with Crippen molar-refractivity contribution in [2.45, 2.75) is 13.8 Å². The van der Waals surface area contributed by atoms with Gasteiger partial charge in [0.15, 0.2) is 0 Å². The smallest absolute Gasteiger partial charge is 0.119 e. The van der Waals surface area contributed by atoms with Gasteiger partial charge in [-0.15, -0.1) is 0 Å². The second-order valence-electron chi connectivity index (χ2n) is 4.49. The number of hydrogen-bond donors (Lipinski definition) is 0. The van der Waals surface area contributed by atoms with Crippen LogP contribution in [0.4, 0.5) is 0 Å². The summed E-state index contributed by atoms with van der Waals surface area (Å²) in [5, 5.41) is 8.09. The third-order valence-electron chi connectivity index (χ3n) is 2.86. The minimum absolute atomic E-state index is 0.666. The van der Waals surface area contributed by atoms with E-state index in [2.05, 4.69) is 10.2 Å². The molecule has 4 heteroatoms. The van der Waals surface area contributed by atoms with Crippen LogP contribution in [-0.2, 0) is 0 Å². The number of hydrogen-bond acceptors (Lipinski definition) is 4.